The Balaban J connectivity index is 2.40. The zero-order valence-electron chi connectivity index (χ0n) is 11.0. The maximum absolute atomic E-state index is 6.21. The average Bonchev–Trinajstić information content (AvgIpc) is 2.39. The van der Waals surface area contributed by atoms with Crippen LogP contribution in [0.15, 0.2) is 24.3 Å². The van der Waals surface area contributed by atoms with Crippen molar-refractivity contribution >= 4 is 0 Å². The fraction of sp³-hybridized carbons (Fsp3) is 0.571. The lowest BCUT2D eigenvalue weighted by Crippen LogP contribution is -2.39. The average molecular weight is 237 g/mol. The fourth-order valence-corrected chi connectivity index (χ4v) is 1.65. The van der Waals surface area contributed by atoms with Crippen LogP contribution in [0.5, 0.6) is 11.5 Å². The molecule has 0 fully saturated rings. The molecule has 0 bridgehead atoms. The van der Waals surface area contributed by atoms with Gasteiger partial charge in [-0.05, 0) is 43.5 Å². The van der Waals surface area contributed by atoms with E-state index in [1.807, 2.05) is 24.3 Å². The molecule has 3 heteroatoms. The van der Waals surface area contributed by atoms with Crippen LogP contribution in [0.3, 0.4) is 0 Å². The Morgan fingerprint density at radius 2 is 1.59 bits per heavy atom. The molecule has 0 atom stereocenters. The molecule has 0 saturated carbocycles. The molecule has 17 heavy (non-hydrogen) atoms. The number of nitrogens with two attached hydrogens (primary N) is 1. The van der Waals surface area contributed by atoms with E-state index in [0.29, 0.717) is 6.61 Å². The fourth-order valence-electron chi connectivity index (χ4n) is 1.65. The third-order valence-electron chi connectivity index (χ3n) is 3.34. The van der Waals surface area contributed by atoms with E-state index in [9.17, 15) is 0 Å². The molecule has 0 aliphatic heterocycles. The summed E-state index contributed by atoms with van der Waals surface area (Å²) in [5.74, 6) is 1.70. The first-order chi connectivity index (χ1) is 8.13. The highest BCUT2D eigenvalue weighted by molar-refractivity contribution is 5.31. The second-order valence-electron chi connectivity index (χ2n) is 4.34. The molecule has 1 aromatic carbocycles. The molecule has 0 unspecified atom stereocenters. The minimum Gasteiger partial charge on any atom is -0.497 e. The number of ether oxygens (including phenoxy) is 2. The van der Waals surface area contributed by atoms with Crippen molar-refractivity contribution in [2.45, 2.75) is 38.6 Å². The van der Waals surface area contributed by atoms with E-state index in [4.69, 9.17) is 15.2 Å². The summed E-state index contributed by atoms with van der Waals surface area (Å²) < 4.78 is 10.8. The summed E-state index contributed by atoms with van der Waals surface area (Å²) in [7, 11) is 1.65. The Morgan fingerprint density at radius 1 is 1.06 bits per heavy atom. The molecular weight excluding hydrogens is 214 g/mol. The first-order valence-electron chi connectivity index (χ1n) is 6.19. The quantitative estimate of drug-likeness (QED) is 0.793. The van der Waals surface area contributed by atoms with Crippen molar-refractivity contribution in [2.75, 3.05) is 13.7 Å². The molecule has 3 nitrogen and oxygen atoms in total. The first-order valence-corrected chi connectivity index (χ1v) is 6.19. The largest absolute Gasteiger partial charge is 0.497 e. The van der Waals surface area contributed by atoms with Gasteiger partial charge in [0.1, 0.15) is 11.5 Å². The third kappa shape index (κ3) is 4.27. The summed E-state index contributed by atoms with van der Waals surface area (Å²) in [5, 5.41) is 0. The summed E-state index contributed by atoms with van der Waals surface area (Å²) in [6.07, 6.45) is 2.84. The van der Waals surface area contributed by atoms with Crippen LogP contribution in [-0.4, -0.2) is 19.3 Å². The van der Waals surface area contributed by atoms with Gasteiger partial charge >= 0.3 is 0 Å². The van der Waals surface area contributed by atoms with Gasteiger partial charge in [0, 0.05) is 5.54 Å². The van der Waals surface area contributed by atoms with Gasteiger partial charge in [-0.15, -0.1) is 0 Å². The van der Waals surface area contributed by atoms with E-state index in [0.717, 1.165) is 30.8 Å². The zero-order chi connectivity index (χ0) is 12.7. The van der Waals surface area contributed by atoms with Crippen LogP contribution in [0, 0.1) is 0 Å². The molecule has 0 radical (unpaired) electrons. The Labute approximate surface area is 104 Å². The van der Waals surface area contributed by atoms with E-state index in [1.165, 1.54) is 0 Å². The lowest BCUT2D eigenvalue weighted by molar-refractivity contribution is 0.247. The lowest BCUT2D eigenvalue weighted by atomic mass is 9.91. The SMILES string of the molecule is CCC(N)(CC)CCOc1ccc(OC)cc1. The molecule has 0 heterocycles. The standard InChI is InChI=1S/C14H23NO2/c1-4-14(15,5-2)10-11-17-13-8-6-12(16-3)7-9-13/h6-9H,4-5,10-11,15H2,1-3H3. The normalized spacial score (nSPS) is 11.3. The Morgan fingerprint density at radius 3 is 2.06 bits per heavy atom. The van der Waals surface area contributed by atoms with Crippen molar-refractivity contribution in [1.82, 2.24) is 0 Å². The molecule has 0 aliphatic rings. The van der Waals surface area contributed by atoms with Crippen LogP contribution in [0.4, 0.5) is 0 Å². The van der Waals surface area contributed by atoms with Crippen LogP contribution in [0.25, 0.3) is 0 Å². The van der Waals surface area contributed by atoms with E-state index >= 15 is 0 Å². The molecule has 0 saturated heterocycles. The number of methoxy groups -OCH3 is 1. The van der Waals surface area contributed by atoms with Gasteiger partial charge in [-0.2, -0.15) is 0 Å². The van der Waals surface area contributed by atoms with Crippen LogP contribution in [0.1, 0.15) is 33.1 Å². The van der Waals surface area contributed by atoms with Crippen molar-refractivity contribution in [2.24, 2.45) is 5.73 Å². The monoisotopic (exact) mass is 237 g/mol. The van der Waals surface area contributed by atoms with Gasteiger partial charge in [0.2, 0.25) is 0 Å². The van der Waals surface area contributed by atoms with Crippen LogP contribution in [0.2, 0.25) is 0 Å². The van der Waals surface area contributed by atoms with Crippen molar-refractivity contribution in [3.8, 4) is 11.5 Å². The molecule has 0 amide bonds. The van der Waals surface area contributed by atoms with Crippen molar-refractivity contribution in [1.29, 1.82) is 0 Å². The van der Waals surface area contributed by atoms with Gasteiger partial charge in [0.05, 0.1) is 13.7 Å². The van der Waals surface area contributed by atoms with E-state index in [-0.39, 0.29) is 5.54 Å². The van der Waals surface area contributed by atoms with Gasteiger partial charge in [-0.3, -0.25) is 0 Å². The van der Waals surface area contributed by atoms with E-state index in [1.54, 1.807) is 7.11 Å². The molecule has 0 aromatic heterocycles. The van der Waals surface area contributed by atoms with Gasteiger partial charge in [0.25, 0.3) is 0 Å². The van der Waals surface area contributed by atoms with Crippen molar-refractivity contribution < 1.29 is 9.47 Å². The molecule has 0 aliphatic carbocycles. The zero-order valence-corrected chi connectivity index (χ0v) is 11.0. The maximum atomic E-state index is 6.21. The molecule has 96 valence electrons. The third-order valence-corrected chi connectivity index (χ3v) is 3.34. The topological polar surface area (TPSA) is 44.5 Å². The predicted molar refractivity (Wildman–Crippen MR) is 70.6 cm³/mol. The van der Waals surface area contributed by atoms with Crippen molar-refractivity contribution in [3.63, 3.8) is 0 Å². The number of hydrogen-bond acceptors (Lipinski definition) is 3. The molecule has 2 N–H and O–H groups in total. The van der Waals surface area contributed by atoms with E-state index < -0.39 is 0 Å². The molecule has 1 aromatic rings. The highest BCUT2D eigenvalue weighted by Gasteiger charge is 2.19. The highest BCUT2D eigenvalue weighted by atomic mass is 16.5. The first kappa shape index (κ1) is 13.8. The van der Waals surface area contributed by atoms with E-state index in [2.05, 4.69) is 13.8 Å². The van der Waals surface area contributed by atoms with Crippen LogP contribution >= 0.6 is 0 Å². The van der Waals surface area contributed by atoms with Crippen LogP contribution < -0.4 is 15.2 Å². The van der Waals surface area contributed by atoms with Gasteiger partial charge in [-0.1, -0.05) is 13.8 Å². The van der Waals surface area contributed by atoms with Crippen molar-refractivity contribution in [3.05, 3.63) is 24.3 Å². The van der Waals surface area contributed by atoms with Gasteiger partial charge in [-0.25, -0.2) is 0 Å². The highest BCUT2D eigenvalue weighted by Crippen LogP contribution is 2.19. The minimum atomic E-state index is -0.0908. The van der Waals surface area contributed by atoms with Crippen LogP contribution in [-0.2, 0) is 0 Å². The minimum absolute atomic E-state index is 0.0908. The summed E-state index contributed by atoms with van der Waals surface area (Å²) in [6, 6.07) is 7.61. The second kappa shape index (κ2) is 6.50. The molecular formula is C14H23NO2. The number of hydrogen-bond donors (Lipinski definition) is 1. The molecule has 0 spiro atoms. The predicted octanol–water partition coefficient (Wildman–Crippen LogP) is 2.98. The summed E-state index contributed by atoms with van der Waals surface area (Å²) in [6.45, 7) is 4.90. The van der Waals surface area contributed by atoms with Gasteiger partial charge < -0.3 is 15.2 Å². The second-order valence-corrected chi connectivity index (χ2v) is 4.34. The summed E-state index contributed by atoms with van der Waals surface area (Å²) in [5.41, 5.74) is 6.12. The summed E-state index contributed by atoms with van der Waals surface area (Å²) >= 11 is 0. The summed E-state index contributed by atoms with van der Waals surface area (Å²) in [4.78, 5) is 0. The van der Waals surface area contributed by atoms with Gasteiger partial charge in [0.15, 0.2) is 0 Å². The Hall–Kier alpha value is -1.22. The smallest absolute Gasteiger partial charge is 0.119 e. The maximum Gasteiger partial charge on any atom is 0.119 e. The Bertz CT molecular complexity index is 317. The Kier molecular flexibility index (Phi) is 5.29. The number of benzene rings is 1. The number of rotatable bonds is 7. The molecule has 1 rings (SSSR count). The lowest BCUT2D eigenvalue weighted by Gasteiger charge is -2.26.